The van der Waals surface area contributed by atoms with Crippen LogP contribution in [0.1, 0.15) is 162 Å². The van der Waals surface area contributed by atoms with Gasteiger partial charge >= 0.3 is 0 Å². The van der Waals surface area contributed by atoms with Crippen LogP contribution in [0.15, 0.2) is 0 Å². The van der Waals surface area contributed by atoms with E-state index >= 15 is 0 Å². The Bertz CT molecular complexity index is 504. The van der Waals surface area contributed by atoms with Crippen LogP contribution in [0, 0.1) is 11.8 Å². The number of nitrogens with zero attached hydrogens (tertiary/aromatic N) is 1. The molecule has 3 nitrogen and oxygen atoms in total. The summed E-state index contributed by atoms with van der Waals surface area (Å²) in [5.74, 6) is 1.03. The zero-order chi connectivity index (χ0) is 24.9. The van der Waals surface area contributed by atoms with Crippen LogP contribution in [0.5, 0.6) is 0 Å². The number of carbonyl (C=O) groups excluding carboxylic acids is 2. The molecule has 0 aromatic rings. The van der Waals surface area contributed by atoms with Gasteiger partial charge in [0.1, 0.15) is 5.78 Å². The van der Waals surface area contributed by atoms with Gasteiger partial charge < -0.3 is 4.90 Å². The molecule has 1 unspecified atom stereocenters. The minimum Gasteiger partial charge on any atom is -0.342 e. The minimum absolute atomic E-state index is 0.0571. The van der Waals surface area contributed by atoms with Crippen molar-refractivity contribution >= 4 is 11.7 Å². The van der Waals surface area contributed by atoms with E-state index in [1.54, 1.807) is 0 Å². The Morgan fingerprint density at radius 3 is 1.65 bits per heavy atom. The number of amides is 1. The molecule has 1 aliphatic rings. The van der Waals surface area contributed by atoms with Gasteiger partial charge in [-0.25, -0.2) is 0 Å². The van der Waals surface area contributed by atoms with Crippen molar-refractivity contribution in [1.82, 2.24) is 4.90 Å². The molecule has 0 aromatic carbocycles. The number of Topliss-reactive ketones (excluding diaryl/α,β-unsaturated/α-hetero) is 1. The number of piperidine rings is 1. The van der Waals surface area contributed by atoms with E-state index in [0.717, 1.165) is 32.4 Å². The maximum atomic E-state index is 12.9. The predicted molar refractivity (Wildman–Crippen MR) is 147 cm³/mol. The van der Waals surface area contributed by atoms with Crippen molar-refractivity contribution in [1.29, 1.82) is 0 Å². The fraction of sp³-hybridized carbons (Fsp3) is 0.935. The summed E-state index contributed by atoms with van der Waals surface area (Å²) in [6, 6.07) is 0. The molecule has 0 bridgehead atoms. The molecule has 3 heteroatoms. The van der Waals surface area contributed by atoms with E-state index in [9.17, 15) is 9.59 Å². The largest absolute Gasteiger partial charge is 0.342 e. The van der Waals surface area contributed by atoms with Gasteiger partial charge in [-0.2, -0.15) is 0 Å². The highest BCUT2D eigenvalue weighted by atomic mass is 16.2. The highest BCUT2D eigenvalue weighted by molar-refractivity contribution is 5.87. The number of rotatable bonds is 23. The number of likely N-dealkylation sites (tertiary alicyclic amines) is 1. The molecule has 1 rings (SSSR count). The second-order valence-corrected chi connectivity index (χ2v) is 11.3. The predicted octanol–water partition coefficient (Wildman–Crippen LogP) is 9.27. The number of unbranched alkanes of at least 4 members (excludes halogenated alkanes) is 17. The van der Waals surface area contributed by atoms with Crippen molar-refractivity contribution in [3.05, 3.63) is 0 Å². The first kappa shape index (κ1) is 31.2. The van der Waals surface area contributed by atoms with Crippen LogP contribution < -0.4 is 0 Å². The van der Waals surface area contributed by atoms with Gasteiger partial charge in [0.15, 0.2) is 0 Å². The molecule has 0 spiro atoms. The van der Waals surface area contributed by atoms with Crippen LogP contribution in [0.4, 0.5) is 0 Å². The normalized spacial score (nSPS) is 18.6. The lowest BCUT2D eigenvalue weighted by molar-refractivity contribution is -0.142. The summed E-state index contributed by atoms with van der Waals surface area (Å²) in [4.78, 5) is 27.6. The first-order valence-corrected chi connectivity index (χ1v) is 15.4. The van der Waals surface area contributed by atoms with Crippen LogP contribution >= 0.6 is 0 Å². The summed E-state index contributed by atoms with van der Waals surface area (Å²) >= 11 is 0. The van der Waals surface area contributed by atoms with Crippen molar-refractivity contribution in [2.45, 2.75) is 162 Å². The summed E-state index contributed by atoms with van der Waals surface area (Å²) in [7, 11) is 0. The molecule has 200 valence electrons. The minimum atomic E-state index is -0.0571. The van der Waals surface area contributed by atoms with Crippen molar-refractivity contribution in [3.8, 4) is 0 Å². The van der Waals surface area contributed by atoms with Crippen molar-refractivity contribution in [2.24, 2.45) is 11.8 Å². The summed E-state index contributed by atoms with van der Waals surface area (Å²) in [5, 5.41) is 0. The van der Waals surface area contributed by atoms with E-state index in [1.807, 2.05) is 0 Å². The third kappa shape index (κ3) is 15.9. The Labute approximate surface area is 213 Å². The fourth-order valence-corrected chi connectivity index (χ4v) is 5.56. The van der Waals surface area contributed by atoms with E-state index < -0.39 is 0 Å². The van der Waals surface area contributed by atoms with Crippen LogP contribution in [0.25, 0.3) is 0 Å². The average Bonchev–Trinajstić information content (AvgIpc) is 2.82. The van der Waals surface area contributed by atoms with Gasteiger partial charge in [0.25, 0.3) is 0 Å². The molecule has 1 fully saturated rings. The fourth-order valence-electron chi connectivity index (χ4n) is 5.56. The molecule has 0 aromatic heterocycles. The van der Waals surface area contributed by atoms with Crippen LogP contribution in [0.3, 0.4) is 0 Å². The maximum absolute atomic E-state index is 12.9. The Kier molecular flexibility index (Phi) is 19.6. The van der Waals surface area contributed by atoms with Crippen LogP contribution in [0.2, 0.25) is 0 Å². The molecular weight excluding hydrogens is 418 g/mol. The van der Waals surface area contributed by atoms with Crippen LogP contribution in [-0.2, 0) is 9.59 Å². The Morgan fingerprint density at radius 1 is 0.706 bits per heavy atom. The zero-order valence-electron chi connectivity index (χ0n) is 23.4. The van der Waals surface area contributed by atoms with Gasteiger partial charge in [0, 0.05) is 31.8 Å². The van der Waals surface area contributed by atoms with E-state index in [2.05, 4.69) is 25.7 Å². The molecule has 1 aliphatic heterocycles. The first-order chi connectivity index (χ1) is 16.6. The number of ketones is 1. The van der Waals surface area contributed by atoms with Gasteiger partial charge in [0.05, 0.1) is 0 Å². The van der Waals surface area contributed by atoms with E-state index in [1.165, 1.54) is 109 Å². The zero-order valence-corrected chi connectivity index (χ0v) is 23.4. The van der Waals surface area contributed by atoms with Crippen LogP contribution in [-0.4, -0.2) is 29.7 Å². The van der Waals surface area contributed by atoms with Crippen molar-refractivity contribution in [3.63, 3.8) is 0 Å². The highest BCUT2D eigenvalue weighted by Crippen LogP contribution is 2.27. The summed E-state index contributed by atoms with van der Waals surface area (Å²) in [6.07, 6.45) is 26.9. The maximum Gasteiger partial charge on any atom is 0.226 e. The standard InChI is InChI=1S/C31H59NO2/c1-4-6-8-10-12-13-14-15-16-17-18-19-21-23-30(33)26-29-25-28(3)27-32(31(29)34)24-22-20-11-9-7-5-2/h28-29H,4-27H2,1-3H3/t28?,29-/m1/s1. The van der Waals surface area contributed by atoms with Crippen molar-refractivity contribution < 1.29 is 9.59 Å². The Balaban J connectivity index is 2.06. The monoisotopic (exact) mass is 477 g/mol. The summed E-state index contributed by atoms with van der Waals surface area (Å²) in [6.45, 7) is 8.54. The molecule has 0 saturated carbocycles. The molecule has 0 aliphatic carbocycles. The second-order valence-electron chi connectivity index (χ2n) is 11.3. The Morgan fingerprint density at radius 2 is 1.15 bits per heavy atom. The lowest BCUT2D eigenvalue weighted by Crippen LogP contribution is -2.45. The topological polar surface area (TPSA) is 37.4 Å². The van der Waals surface area contributed by atoms with Gasteiger partial charge in [-0.15, -0.1) is 0 Å². The SMILES string of the molecule is CCCCCCCCCCCCCCCC(=O)C[C@H]1CC(C)CN(CCCCCCCC)C1=O. The smallest absolute Gasteiger partial charge is 0.226 e. The lowest BCUT2D eigenvalue weighted by Gasteiger charge is -2.36. The molecule has 1 heterocycles. The molecule has 1 saturated heterocycles. The third-order valence-corrected chi connectivity index (χ3v) is 7.69. The van der Waals surface area contributed by atoms with Gasteiger partial charge in [0.2, 0.25) is 5.91 Å². The molecule has 1 amide bonds. The summed E-state index contributed by atoms with van der Waals surface area (Å²) < 4.78 is 0. The van der Waals surface area contributed by atoms with E-state index in [0.29, 0.717) is 24.5 Å². The molecule has 2 atom stereocenters. The van der Waals surface area contributed by atoms with Gasteiger partial charge in [-0.05, 0) is 25.2 Å². The number of hydrogen-bond donors (Lipinski definition) is 0. The third-order valence-electron chi connectivity index (χ3n) is 7.69. The van der Waals surface area contributed by atoms with Gasteiger partial charge in [-0.1, -0.05) is 130 Å². The van der Waals surface area contributed by atoms with Gasteiger partial charge in [-0.3, -0.25) is 9.59 Å². The quantitative estimate of drug-likeness (QED) is 0.137. The number of carbonyl (C=O) groups is 2. The molecule has 0 radical (unpaired) electrons. The average molecular weight is 478 g/mol. The summed E-state index contributed by atoms with van der Waals surface area (Å²) in [5.41, 5.74) is 0. The second kappa shape index (κ2) is 21.4. The lowest BCUT2D eigenvalue weighted by atomic mass is 9.85. The van der Waals surface area contributed by atoms with E-state index in [-0.39, 0.29) is 11.8 Å². The molecule has 34 heavy (non-hydrogen) atoms. The highest BCUT2D eigenvalue weighted by Gasteiger charge is 2.33. The van der Waals surface area contributed by atoms with Crippen molar-refractivity contribution in [2.75, 3.05) is 13.1 Å². The van der Waals surface area contributed by atoms with E-state index in [4.69, 9.17) is 0 Å². The number of hydrogen-bond acceptors (Lipinski definition) is 2. The first-order valence-electron chi connectivity index (χ1n) is 15.4. The molecule has 0 N–H and O–H groups in total. The molecular formula is C31H59NO2. The Hall–Kier alpha value is -0.860.